The molecule has 0 aliphatic rings. The summed E-state index contributed by atoms with van der Waals surface area (Å²) in [6, 6.07) is 25.5. The molecule has 3 aromatic heterocycles. The Bertz CT molecular complexity index is 1920. The Labute approximate surface area is 235 Å². The van der Waals surface area contributed by atoms with Crippen LogP contribution in [0.15, 0.2) is 88.5 Å². The van der Waals surface area contributed by atoms with E-state index in [1.165, 1.54) is 4.57 Å². The topological polar surface area (TPSA) is 116 Å². The molecule has 0 aliphatic carbocycles. The van der Waals surface area contributed by atoms with E-state index in [4.69, 9.17) is 4.98 Å². The minimum atomic E-state index is -0.382. The molecule has 0 radical (unpaired) electrons. The number of nitrogens with zero attached hydrogens (tertiary/aromatic N) is 7. The van der Waals surface area contributed by atoms with Crippen molar-refractivity contribution in [2.75, 3.05) is 0 Å². The van der Waals surface area contributed by atoms with Crippen molar-refractivity contribution in [2.24, 2.45) is 0 Å². The molecule has 10 heteroatoms. The summed E-state index contributed by atoms with van der Waals surface area (Å²) in [7, 11) is 0. The molecule has 3 heterocycles. The van der Waals surface area contributed by atoms with Crippen LogP contribution in [0.4, 0.5) is 0 Å². The van der Waals surface area contributed by atoms with Gasteiger partial charge in [-0.1, -0.05) is 80.1 Å². The molecule has 0 spiro atoms. The highest BCUT2D eigenvalue weighted by atomic mass is 16.2. The smallest absolute Gasteiger partial charge is 0.318 e. The van der Waals surface area contributed by atoms with Crippen LogP contribution in [0.5, 0.6) is 0 Å². The van der Waals surface area contributed by atoms with Gasteiger partial charge in [-0.05, 0) is 47.4 Å². The number of para-hydroxylation sites is 1. The first-order valence-corrected chi connectivity index (χ1v) is 13.8. The number of aromatic amines is 1. The van der Waals surface area contributed by atoms with Crippen molar-refractivity contribution in [1.29, 1.82) is 0 Å². The molecule has 0 unspecified atom stereocenters. The maximum atomic E-state index is 13.7. The van der Waals surface area contributed by atoms with E-state index in [9.17, 15) is 9.59 Å². The van der Waals surface area contributed by atoms with Gasteiger partial charge in [0.25, 0.3) is 5.56 Å². The van der Waals surface area contributed by atoms with E-state index < -0.39 is 0 Å². The maximum Gasteiger partial charge on any atom is 0.337 e. The van der Waals surface area contributed by atoms with Crippen molar-refractivity contribution in [2.45, 2.75) is 46.2 Å². The fraction of sp³-hybridized carbons (Fsp3) is 0.226. The lowest BCUT2D eigenvalue weighted by Crippen LogP contribution is -2.39. The summed E-state index contributed by atoms with van der Waals surface area (Å²) in [6.45, 7) is 4.66. The first-order chi connectivity index (χ1) is 20.1. The van der Waals surface area contributed by atoms with E-state index in [2.05, 4.69) is 51.8 Å². The Morgan fingerprint density at radius 2 is 1.56 bits per heavy atom. The second-order valence-corrected chi connectivity index (χ2v) is 9.87. The highest BCUT2D eigenvalue weighted by molar-refractivity contribution is 5.80. The Kier molecular flexibility index (Phi) is 7.11. The summed E-state index contributed by atoms with van der Waals surface area (Å²) in [5.74, 6) is 1.33. The van der Waals surface area contributed by atoms with Crippen LogP contribution in [0, 0.1) is 0 Å². The van der Waals surface area contributed by atoms with Crippen LogP contribution >= 0.6 is 0 Å². The molecule has 0 amide bonds. The number of benzene rings is 3. The molecular formula is C31H30N8O2. The summed E-state index contributed by atoms with van der Waals surface area (Å²) in [5.41, 5.74) is 4.73. The zero-order chi connectivity index (χ0) is 28.3. The molecule has 0 bridgehead atoms. The summed E-state index contributed by atoms with van der Waals surface area (Å²) in [5, 5.41) is 14.5. The SMILES string of the molecule is CCCCc1nc2c(c(=O)n(CC)c(=O)n2-c2ccccc2)n1Cc1ccc(-c2ccccc2-c2nn[nH]n2)cc1. The largest absolute Gasteiger partial charge is 0.337 e. The van der Waals surface area contributed by atoms with Gasteiger partial charge in [-0.3, -0.25) is 9.36 Å². The minimum Gasteiger partial charge on any atom is -0.318 e. The van der Waals surface area contributed by atoms with E-state index in [1.807, 2.05) is 66.1 Å². The monoisotopic (exact) mass is 546 g/mol. The standard InChI is InChI=1S/C31H30N8O2/c1-3-5-15-26-32-29-27(30(40)37(4-2)31(41)39(29)23-11-7-6-8-12-23)38(26)20-21-16-18-22(19-17-21)24-13-9-10-14-25(24)28-33-35-36-34-28/h6-14,16-19H,3-5,15,20H2,1-2H3,(H,33,34,35,36). The Morgan fingerprint density at radius 3 is 2.24 bits per heavy atom. The number of aryl methyl sites for hydroxylation is 1. The van der Waals surface area contributed by atoms with Crippen molar-refractivity contribution in [1.82, 2.24) is 39.3 Å². The van der Waals surface area contributed by atoms with Gasteiger partial charge in [-0.2, -0.15) is 5.21 Å². The lowest BCUT2D eigenvalue weighted by molar-refractivity contribution is 0.651. The average molecular weight is 547 g/mol. The normalized spacial score (nSPS) is 11.4. The van der Waals surface area contributed by atoms with Crippen LogP contribution in [0.3, 0.4) is 0 Å². The van der Waals surface area contributed by atoms with E-state index in [0.29, 0.717) is 35.6 Å². The molecule has 10 nitrogen and oxygen atoms in total. The molecule has 0 saturated heterocycles. The predicted octanol–water partition coefficient (Wildman–Crippen LogP) is 4.61. The van der Waals surface area contributed by atoms with Crippen LogP contribution in [0.25, 0.3) is 39.4 Å². The summed E-state index contributed by atoms with van der Waals surface area (Å²) in [6.07, 6.45) is 2.62. The fourth-order valence-corrected chi connectivity index (χ4v) is 5.24. The van der Waals surface area contributed by atoms with Crippen molar-refractivity contribution in [3.8, 4) is 28.2 Å². The number of aromatic nitrogens is 8. The second kappa shape index (κ2) is 11.2. The summed E-state index contributed by atoms with van der Waals surface area (Å²) >= 11 is 0. The van der Waals surface area contributed by atoms with Gasteiger partial charge in [0.2, 0.25) is 5.82 Å². The highest BCUT2D eigenvalue weighted by Crippen LogP contribution is 2.30. The predicted molar refractivity (Wildman–Crippen MR) is 158 cm³/mol. The molecule has 6 aromatic rings. The van der Waals surface area contributed by atoms with Crippen molar-refractivity contribution < 1.29 is 0 Å². The zero-order valence-electron chi connectivity index (χ0n) is 23.0. The number of tetrazole rings is 1. The van der Waals surface area contributed by atoms with Gasteiger partial charge in [0.15, 0.2) is 11.2 Å². The molecular weight excluding hydrogens is 516 g/mol. The Hall–Kier alpha value is -5.12. The minimum absolute atomic E-state index is 0.268. The number of nitrogens with one attached hydrogen (secondary N) is 1. The lowest BCUT2D eigenvalue weighted by Gasteiger charge is -2.13. The number of imidazole rings is 1. The van der Waals surface area contributed by atoms with Gasteiger partial charge in [-0.15, -0.1) is 10.2 Å². The quantitative estimate of drug-likeness (QED) is 0.283. The molecule has 1 N–H and O–H groups in total. The van der Waals surface area contributed by atoms with Crippen LogP contribution in [0.2, 0.25) is 0 Å². The van der Waals surface area contributed by atoms with Crippen molar-refractivity contribution in [3.05, 3.63) is 111 Å². The first-order valence-electron chi connectivity index (χ1n) is 13.8. The van der Waals surface area contributed by atoms with E-state index >= 15 is 0 Å². The van der Waals surface area contributed by atoms with Gasteiger partial charge in [0.05, 0.1) is 5.69 Å². The molecule has 0 atom stereocenters. The number of fused-ring (bicyclic) bond motifs is 1. The lowest BCUT2D eigenvalue weighted by atomic mass is 9.98. The number of H-pyrrole nitrogens is 1. The first kappa shape index (κ1) is 26.1. The molecule has 41 heavy (non-hydrogen) atoms. The van der Waals surface area contributed by atoms with E-state index in [1.54, 1.807) is 4.57 Å². The second-order valence-electron chi connectivity index (χ2n) is 9.87. The number of hydrogen-bond acceptors (Lipinski definition) is 6. The molecule has 0 saturated carbocycles. The summed E-state index contributed by atoms with van der Waals surface area (Å²) < 4.78 is 4.83. The van der Waals surface area contributed by atoms with Crippen LogP contribution in [0.1, 0.15) is 38.1 Å². The third-order valence-corrected chi connectivity index (χ3v) is 7.31. The molecule has 206 valence electrons. The Balaban J connectivity index is 1.47. The zero-order valence-corrected chi connectivity index (χ0v) is 23.0. The maximum absolute atomic E-state index is 13.7. The number of unbranched alkanes of at least 4 members (excludes halogenated alkanes) is 1. The van der Waals surface area contributed by atoms with Crippen molar-refractivity contribution >= 4 is 11.2 Å². The van der Waals surface area contributed by atoms with E-state index in [-0.39, 0.29) is 17.8 Å². The molecule has 3 aromatic carbocycles. The number of rotatable bonds is 9. The Morgan fingerprint density at radius 1 is 0.829 bits per heavy atom. The molecule has 0 aliphatic heterocycles. The fourth-order valence-electron chi connectivity index (χ4n) is 5.24. The summed E-state index contributed by atoms with van der Waals surface area (Å²) in [4.78, 5) is 32.1. The number of hydrogen-bond donors (Lipinski definition) is 1. The third kappa shape index (κ3) is 4.77. The van der Waals surface area contributed by atoms with Crippen LogP contribution < -0.4 is 11.2 Å². The third-order valence-electron chi connectivity index (χ3n) is 7.31. The average Bonchev–Trinajstić information content (AvgIpc) is 3.66. The van der Waals surface area contributed by atoms with Gasteiger partial charge >= 0.3 is 5.69 Å². The van der Waals surface area contributed by atoms with Gasteiger partial charge in [-0.25, -0.2) is 14.3 Å². The van der Waals surface area contributed by atoms with Gasteiger partial charge in [0, 0.05) is 25.1 Å². The van der Waals surface area contributed by atoms with E-state index in [0.717, 1.165) is 40.9 Å². The molecule has 6 rings (SSSR count). The van der Waals surface area contributed by atoms with Crippen LogP contribution in [-0.2, 0) is 19.5 Å². The van der Waals surface area contributed by atoms with Crippen molar-refractivity contribution in [3.63, 3.8) is 0 Å². The highest BCUT2D eigenvalue weighted by Gasteiger charge is 2.22. The van der Waals surface area contributed by atoms with Gasteiger partial charge < -0.3 is 4.57 Å². The van der Waals surface area contributed by atoms with Crippen LogP contribution in [-0.4, -0.2) is 39.3 Å². The van der Waals surface area contributed by atoms with Gasteiger partial charge in [0.1, 0.15) is 5.82 Å². The molecule has 0 fully saturated rings.